The Morgan fingerprint density at radius 2 is 1.82 bits per heavy atom. The van der Waals surface area contributed by atoms with Gasteiger partial charge in [-0.25, -0.2) is 29.3 Å². The Labute approximate surface area is 228 Å². The van der Waals surface area contributed by atoms with Crippen molar-refractivity contribution in [2.24, 2.45) is 7.05 Å². The molecule has 6 radical (unpaired) electrons. The number of hydrogen-bond acceptors (Lipinski definition) is 7. The van der Waals surface area contributed by atoms with Gasteiger partial charge in [0.2, 0.25) is 0 Å². The molecule has 0 fully saturated rings. The lowest BCUT2D eigenvalue weighted by Crippen LogP contribution is -2.37. The number of nitrogens with zero attached hydrogens (tertiary/aromatic N) is 6. The zero-order valence-corrected chi connectivity index (χ0v) is 21.3. The highest BCUT2D eigenvalue weighted by Crippen LogP contribution is 2.44. The average Bonchev–Trinajstić information content (AvgIpc) is 3.17. The Bertz CT molecular complexity index is 1780. The van der Waals surface area contributed by atoms with Crippen LogP contribution in [0.4, 0.5) is 4.39 Å². The number of fused-ring (bicyclic) bond motifs is 1. The van der Waals surface area contributed by atoms with E-state index in [9.17, 15) is 0 Å². The molecule has 5 aromatic rings. The van der Waals surface area contributed by atoms with Crippen LogP contribution < -0.4 is 9.47 Å². The van der Waals surface area contributed by atoms with E-state index in [-0.39, 0.29) is 23.2 Å². The molecular formula is C27H18B3FN6O2. The van der Waals surface area contributed by atoms with Gasteiger partial charge in [0, 0.05) is 42.2 Å². The van der Waals surface area contributed by atoms with Gasteiger partial charge in [0.1, 0.15) is 47.0 Å². The van der Waals surface area contributed by atoms with Crippen LogP contribution in [0.5, 0.6) is 17.5 Å². The topological polar surface area (TPSA) is 87.8 Å². The summed E-state index contributed by atoms with van der Waals surface area (Å²) in [4.78, 5) is 21.4. The van der Waals surface area contributed by atoms with Gasteiger partial charge in [-0.15, -0.1) is 6.42 Å². The molecule has 0 bridgehead atoms. The number of benzene rings is 1. The summed E-state index contributed by atoms with van der Waals surface area (Å²) >= 11 is 0. The molecule has 0 spiro atoms. The summed E-state index contributed by atoms with van der Waals surface area (Å²) in [6, 6.07) is 7.80. The van der Waals surface area contributed by atoms with E-state index >= 15 is 4.39 Å². The predicted octanol–water partition coefficient (Wildman–Crippen LogP) is 3.51. The molecule has 39 heavy (non-hydrogen) atoms. The van der Waals surface area contributed by atoms with Crippen molar-refractivity contribution in [1.29, 1.82) is 0 Å². The monoisotopic (exact) mass is 510 g/mol. The minimum absolute atomic E-state index is 0.0343. The summed E-state index contributed by atoms with van der Waals surface area (Å²) in [5.74, 6) is 1.96. The zero-order valence-electron chi connectivity index (χ0n) is 21.3. The number of rotatable bonds is 6. The van der Waals surface area contributed by atoms with Crippen LogP contribution in [-0.4, -0.2) is 58.3 Å². The van der Waals surface area contributed by atoms with Gasteiger partial charge in [-0.3, -0.25) is 0 Å². The van der Waals surface area contributed by atoms with E-state index in [4.69, 9.17) is 39.4 Å². The Morgan fingerprint density at radius 3 is 2.51 bits per heavy atom. The van der Waals surface area contributed by atoms with Crippen molar-refractivity contribution in [1.82, 2.24) is 29.5 Å². The highest BCUT2D eigenvalue weighted by atomic mass is 19.1. The third kappa shape index (κ3) is 5.08. The van der Waals surface area contributed by atoms with E-state index < -0.39 is 11.1 Å². The molecular weight excluding hydrogens is 492 g/mol. The lowest BCUT2D eigenvalue weighted by Gasteiger charge is -2.25. The van der Waals surface area contributed by atoms with E-state index in [1.165, 1.54) is 36.9 Å². The highest BCUT2D eigenvalue weighted by Gasteiger charge is 2.26. The molecule has 8 nitrogen and oxygen atoms in total. The molecule has 0 aliphatic carbocycles. The van der Waals surface area contributed by atoms with E-state index in [1.54, 1.807) is 26.1 Å². The van der Waals surface area contributed by atoms with Gasteiger partial charge >= 0.3 is 6.01 Å². The maximum absolute atomic E-state index is 15.4. The normalized spacial score (nSPS) is 11.4. The van der Waals surface area contributed by atoms with E-state index in [1.807, 2.05) is 11.5 Å². The van der Waals surface area contributed by atoms with Crippen molar-refractivity contribution in [3.8, 4) is 52.2 Å². The second-order valence-corrected chi connectivity index (χ2v) is 8.83. The number of terminal acetylenes is 1. The first-order valence-corrected chi connectivity index (χ1v) is 11.7. The van der Waals surface area contributed by atoms with Crippen molar-refractivity contribution in [3.05, 3.63) is 72.0 Å². The van der Waals surface area contributed by atoms with Crippen molar-refractivity contribution in [2.45, 2.75) is 19.1 Å². The van der Waals surface area contributed by atoms with Crippen LogP contribution in [0.15, 0.2) is 49.1 Å². The lowest BCUT2D eigenvalue weighted by atomic mass is 9.52. The molecule has 0 amide bonds. The van der Waals surface area contributed by atoms with Gasteiger partial charge in [-0.1, -0.05) is 12.0 Å². The number of aromatic nitrogens is 6. The number of aryl methyl sites for hydroxylation is 3. The van der Waals surface area contributed by atoms with Crippen LogP contribution in [0.2, 0.25) is 0 Å². The molecule has 0 saturated heterocycles. The maximum Gasteiger partial charge on any atom is 0.322 e. The van der Waals surface area contributed by atoms with Gasteiger partial charge in [0.05, 0.1) is 17.0 Å². The third-order valence-corrected chi connectivity index (χ3v) is 5.91. The van der Waals surface area contributed by atoms with Gasteiger partial charge in [0.25, 0.3) is 0 Å². The Kier molecular flexibility index (Phi) is 6.60. The van der Waals surface area contributed by atoms with Crippen molar-refractivity contribution < 1.29 is 13.9 Å². The summed E-state index contributed by atoms with van der Waals surface area (Å²) in [5, 5.41) is -1.32. The highest BCUT2D eigenvalue weighted by molar-refractivity contribution is 6.58. The third-order valence-electron chi connectivity index (χ3n) is 5.91. The Hall–Kier alpha value is -4.65. The largest absolute Gasteiger partial charge is 0.515 e. The van der Waals surface area contributed by atoms with Gasteiger partial charge < -0.3 is 14.0 Å². The molecule has 4 aromatic heterocycles. The summed E-state index contributed by atoms with van der Waals surface area (Å²) in [6.07, 6.45) is 10.0. The van der Waals surface area contributed by atoms with Crippen molar-refractivity contribution >= 4 is 34.6 Å². The molecule has 1 aromatic carbocycles. The second kappa shape index (κ2) is 9.91. The molecule has 0 atom stereocenters. The SMILES string of the molecule is [B]C([B])([B])Oc1cc(C#C)ncc1-c1c(-c2ccc(Oc3nccc(C)n3)c(F)c2)c2c(C)ncnc2n1C. The van der Waals surface area contributed by atoms with Crippen molar-refractivity contribution in [2.75, 3.05) is 0 Å². The predicted molar refractivity (Wildman–Crippen MR) is 147 cm³/mol. The number of hydrogen-bond donors (Lipinski definition) is 0. The summed E-state index contributed by atoms with van der Waals surface area (Å²) in [5.41, 5.74) is 4.37. The van der Waals surface area contributed by atoms with E-state index in [2.05, 4.69) is 30.8 Å². The van der Waals surface area contributed by atoms with Crippen molar-refractivity contribution in [3.63, 3.8) is 0 Å². The van der Waals surface area contributed by atoms with Crippen LogP contribution in [0.25, 0.3) is 33.4 Å². The average molecular weight is 510 g/mol. The molecule has 5 rings (SSSR count). The van der Waals surface area contributed by atoms with E-state index in [0.29, 0.717) is 44.8 Å². The molecule has 0 saturated carbocycles. The fraction of sp³-hybridized carbons (Fsp3) is 0.148. The Balaban J connectivity index is 1.74. The molecule has 184 valence electrons. The second-order valence-electron chi connectivity index (χ2n) is 8.83. The number of pyridine rings is 1. The quantitative estimate of drug-likeness (QED) is 0.256. The Morgan fingerprint density at radius 1 is 1.03 bits per heavy atom. The molecule has 12 heteroatoms. The number of ether oxygens (including phenoxy) is 2. The smallest absolute Gasteiger partial charge is 0.322 e. The van der Waals surface area contributed by atoms with Crippen LogP contribution in [0.1, 0.15) is 17.1 Å². The molecule has 4 heterocycles. The van der Waals surface area contributed by atoms with Gasteiger partial charge in [-0.2, -0.15) is 0 Å². The first-order valence-electron chi connectivity index (χ1n) is 11.7. The molecule has 0 aliphatic rings. The fourth-order valence-electron chi connectivity index (χ4n) is 4.28. The summed E-state index contributed by atoms with van der Waals surface area (Å²) in [7, 11) is 19.1. The summed E-state index contributed by atoms with van der Waals surface area (Å²) < 4.78 is 28.5. The first-order chi connectivity index (χ1) is 18.6. The molecule has 0 unspecified atom stereocenters. The van der Waals surface area contributed by atoms with Crippen LogP contribution in [0, 0.1) is 32.0 Å². The molecule has 0 aliphatic heterocycles. The van der Waals surface area contributed by atoms with Crippen LogP contribution in [0.3, 0.4) is 0 Å². The minimum Gasteiger partial charge on any atom is -0.515 e. The first kappa shape index (κ1) is 26.0. The van der Waals surface area contributed by atoms with Crippen LogP contribution >= 0.6 is 0 Å². The summed E-state index contributed by atoms with van der Waals surface area (Å²) in [6.45, 7) is 3.62. The maximum atomic E-state index is 15.4. The van der Waals surface area contributed by atoms with Gasteiger partial charge in [-0.05, 0) is 42.9 Å². The van der Waals surface area contributed by atoms with Gasteiger partial charge in [0.15, 0.2) is 11.6 Å². The van der Waals surface area contributed by atoms with Crippen LogP contribution in [-0.2, 0) is 7.05 Å². The van der Waals surface area contributed by atoms with E-state index in [0.717, 1.165) is 0 Å². The zero-order chi connectivity index (χ0) is 27.9. The molecule has 0 N–H and O–H groups in total. The fourth-order valence-corrected chi connectivity index (χ4v) is 4.28. The standard InChI is InChI=1S/C27H18B3FN6O2/c1-5-17-11-21(39-27(28,29)30)18(12-33-17)24-23(22-15(3)34-13-35-25(22)37(24)4)16-6-7-20(19(31)10-16)38-26-32-9-8-14(2)36-26/h1,6-13H,2-4H3. The number of halogens is 1. The minimum atomic E-state index is -2.01. The lowest BCUT2D eigenvalue weighted by molar-refractivity contribution is 0.319.